The van der Waals surface area contributed by atoms with Crippen molar-refractivity contribution >= 4 is 61.6 Å². The zero-order valence-corrected chi connectivity index (χ0v) is 43.1. The number of carboxylic acid groups (broad SMARTS) is 1. The molecule has 0 saturated carbocycles. The molecule has 2 aliphatic heterocycles. The number of unbranched alkanes of at least 4 members (excludes halogenated alkanes) is 2. The highest BCUT2D eigenvalue weighted by Crippen LogP contribution is 2.41. The van der Waals surface area contributed by atoms with Crippen LogP contribution in [0.5, 0.6) is 11.5 Å². The quantitative estimate of drug-likeness (QED) is 0.0878. The van der Waals surface area contributed by atoms with E-state index in [9.17, 15) is 23.1 Å². The second-order valence-electron chi connectivity index (χ2n) is 18.4. The molecule has 71 heavy (non-hydrogen) atoms. The van der Waals surface area contributed by atoms with Crippen LogP contribution in [-0.2, 0) is 39.6 Å². The van der Waals surface area contributed by atoms with Gasteiger partial charge in [-0.2, -0.15) is 4.31 Å². The lowest BCUT2D eigenvalue weighted by Gasteiger charge is -2.24. The zero-order valence-electron chi connectivity index (χ0n) is 40.7. The minimum Gasteiger partial charge on any atom is -0.494 e. The molecule has 1 amide bonds. The van der Waals surface area contributed by atoms with Crippen LogP contribution >= 0.6 is 22.9 Å². The van der Waals surface area contributed by atoms with Gasteiger partial charge in [-0.05, 0) is 124 Å². The number of benzene rings is 4. The van der Waals surface area contributed by atoms with Gasteiger partial charge in [0.05, 0.1) is 32.2 Å². The summed E-state index contributed by atoms with van der Waals surface area (Å²) in [6, 6.07) is 21.7. The molecule has 9 rings (SSSR count). The van der Waals surface area contributed by atoms with Crippen molar-refractivity contribution in [3.63, 3.8) is 0 Å². The van der Waals surface area contributed by atoms with E-state index in [0.717, 1.165) is 74.7 Å². The van der Waals surface area contributed by atoms with Crippen LogP contribution in [0.4, 0.5) is 0 Å². The number of aryl methyl sites for hydroxylation is 5. The first-order chi connectivity index (χ1) is 34.0. The number of halogens is 1. The Kier molecular flexibility index (Phi) is 14.2. The fourth-order valence-electron chi connectivity index (χ4n) is 9.58. The van der Waals surface area contributed by atoms with Gasteiger partial charge >= 0.3 is 5.97 Å². The predicted octanol–water partition coefficient (Wildman–Crippen LogP) is 8.90. The molecule has 1 unspecified atom stereocenters. The summed E-state index contributed by atoms with van der Waals surface area (Å²) in [5.74, 6) is 0.512. The standard InChI is InChI=1S/C52H56ClN9O7S2/c1-29-12-14-36(40(25-47(64)65)37-23-41-50(44(24-37)68-7)60(6)59-57-41)22-38(29)28-61-27-30(2)69-43-21-34(13-19-45(43)71(61,66)67)11-9-8-10-20-54-46(63)26-42-51-58-56-33(5)62(51)52-48(31(3)32(4)70-52)49(55-42)35-15-17-39(53)18-16-35/h12-19,21-24,30,40,42H,8-11,20,25-28H2,1-7H3,(H,54,63)(H,64,65)/t30-,40?,42+/m1/s1. The molecule has 2 aliphatic rings. The van der Waals surface area contributed by atoms with Gasteiger partial charge in [-0.15, -0.1) is 26.6 Å². The SMILES string of the molecule is COc1cc(C(CC(=O)O)c2ccc(C)c(CN3C[C@@H](C)Oc4cc(CCCCCNC(=O)C[C@@H]5N=C(c6ccc(Cl)cc6)c6c(sc(C)c6C)-n6c(C)nnc65)ccc4S3(=O)=O)c2)cc2nnn(C)c12. The Hall–Kier alpha value is -6.47. The van der Waals surface area contributed by atoms with Crippen LogP contribution in [0.1, 0.15) is 112 Å². The Morgan fingerprint density at radius 3 is 2.52 bits per heavy atom. The van der Waals surface area contributed by atoms with Crippen molar-refractivity contribution in [1.29, 1.82) is 0 Å². The van der Waals surface area contributed by atoms with Crippen LogP contribution in [0.2, 0.25) is 5.02 Å². The second-order valence-corrected chi connectivity index (χ2v) is 22.0. The number of carbonyl (C=O) groups excluding carboxylic acids is 1. The van der Waals surface area contributed by atoms with Crippen molar-refractivity contribution in [2.45, 2.75) is 103 Å². The molecule has 370 valence electrons. The molecule has 16 nitrogen and oxygen atoms in total. The predicted molar refractivity (Wildman–Crippen MR) is 273 cm³/mol. The number of hydrogen-bond acceptors (Lipinski definition) is 12. The van der Waals surface area contributed by atoms with Gasteiger partial charge in [0.15, 0.2) is 5.82 Å². The van der Waals surface area contributed by atoms with Crippen molar-refractivity contribution in [2.24, 2.45) is 12.0 Å². The number of nitrogens with one attached hydrogen (secondary N) is 1. The Morgan fingerprint density at radius 1 is 0.972 bits per heavy atom. The lowest BCUT2D eigenvalue weighted by molar-refractivity contribution is -0.137. The van der Waals surface area contributed by atoms with Crippen LogP contribution in [0, 0.1) is 27.7 Å². The first-order valence-electron chi connectivity index (χ1n) is 23.6. The summed E-state index contributed by atoms with van der Waals surface area (Å²) in [6.45, 7) is 10.6. The highest BCUT2D eigenvalue weighted by atomic mass is 35.5. The number of amides is 1. The Labute approximate surface area is 421 Å². The van der Waals surface area contributed by atoms with E-state index < -0.39 is 34.1 Å². The maximum absolute atomic E-state index is 14.4. The molecule has 5 heterocycles. The van der Waals surface area contributed by atoms with Gasteiger partial charge in [0.2, 0.25) is 15.9 Å². The van der Waals surface area contributed by atoms with E-state index in [1.54, 1.807) is 36.2 Å². The van der Waals surface area contributed by atoms with Crippen LogP contribution < -0.4 is 14.8 Å². The summed E-state index contributed by atoms with van der Waals surface area (Å²) in [5, 5.41) is 32.1. The Bertz CT molecular complexity index is 3330. The minimum atomic E-state index is -4.00. The lowest BCUT2D eigenvalue weighted by Crippen LogP contribution is -2.35. The van der Waals surface area contributed by atoms with Crippen molar-refractivity contribution < 1.29 is 32.6 Å². The van der Waals surface area contributed by atoms with Crippen molar-refractivity contribution in [3.8, 4) is 16.5 Å². The number of aromatic nitrogens is 6. The van der Waals surface area contributed by atoms with E-state index >= 15 is 0 Å². The summed E-state index contributed by atoms with van der Waals surface area (Å²) >= 11 is 7.93. The topological polar surface area (TPSA) is 196 Å². The number of rotatable bonds is 16. The van der Waals surface area contributed by atoms with Crippen LogP contribution in [0.3, 0.4) is 0 Å². The van der Waals surface area contributed by atoms with E-state index in [1.165, 1.54) is 9.18 Å². The third-order valence-electron chi connectivity index (χ3n) is 13.4. The number of hydrogen-bond donors (Lipinski definition) is 2. The van der Waals surface area contributed by atoms with Gasteiger partial charge in [0, 0.05) is 47.1 Å². The Balaban J connectivity index is 0.834. The third kappa shape index (κ3) is 10.1. The largest absolute Gasteiger partial charge is 0.494 e. The fourth-order valence-corrected chi connectivity index (χ4v) is 12.5. The number of aliphatic imine (C=N–C) groups is 1. The highest BCUT2D eigenvalue weighted by molar-refractivity contribution is 7.89. The number of aliphatic carboxylic acids is 1. The summed E-state index contributed by atoms with van der Waals surface area (Å²) in [4.78, 5) is 32.3. The number of carbonyl (C=O) groups is 2. The lowest BCUT2D eigenvalue weighted by atomic mass is 9.86. The van der Waals surface area contributed by atoms with Gasteiger partial charge < -0.3 is 19.9 Å². The Morgan fingerprint density at radius 2 is 1.76 bits per heavy atom. The number of nitrogens with zero attached hydrogens (tertiary/aromatic N) is 8. The first kappa shape index (κ1) is 49.5. The van der Waals surface area contributed by atoms with Crippen LogP contribution in [0.25, 0.3) is 16.0 Å². The molecule has 7 aromatic rings. The van der Waals surface area contributed by atoms with Gasteiger partial charge in [-0.25, -0.2) is 13.1 Å². The average molecular weight is 1020 g/mol. The maximum atomic E-state index is 14.4. The molecule has 0 fully saturated rings. The van der Waals surface area contributed by atoms with Gasteiger partial charge in [0.25, 0.3) is 0 Å². The smallest absolute Gasteiger partial charge is 0.304 e. The highest BCUT2D eigenvalue weighted by Gasteiger charge is 2.35. The molecular formula is C52H56ClN9O7S2. The number of ether oxygens (including phenoxy) is 2. The number of methoxy groups -OCH3 is 1. The summed E-state index contributed by atoms with van der Waals surface area (Å²) < 4.78 is 45.9. The van der Waals surface area contributed by atoms with E-state index in [0.29, 0.717) is 51.9 Å². The van der Waals surface area contributed by atoms with Gasteiger partial charge in [-0.1, -0.05) is 59.6 Å². The van der Waals surface area contributed by atoms with Gasteiger partial charge in [0.1, 0.15) is 50.4 Å². The number of sulfonamides is 1. The molecule has 2 N–H and O–H groups in total. The number of fused-ring (bicyclic) bond motifs is 5. The fraction of sp³-hybridized carbons (Fsp3) is 0.365. The van der Waals surface area contributed by atoms with Crippen molar-refractivity contribution in [2.75, 3.05) is 20.2 Å². The molecule has 0 radical (unpaired) electrons. The molecule has 4 aromatic carbocycles. The molecular weight excluding hydrogens is 962 g/mol. The third-order valence-corrected chi connectivity index (χ3v) is 16.7. The number of carboxylic acids is 1. The van der Waals surface area contributed by atoms with Crippen molar-refractivity contribution in [3.05, 3.63) is 139 Å². The van der Waals surface area contributed by atoms with E-state index in [2.05, 4.69) is 39.7 Å². The normalized spacial score (nSPS) is 16.8. The molecule has 3 aromatic heterocycles. The molecule has 19 heteroatoms. The van der Waals surface area contributed by atoms with Crippen LogP contribution in [0.15, 0.2) is 82.7 Å². The summed E-state index contributed by atoms with van der Waals surface area (Å²) in [7, 11) is -0.693. The molecule has 0 bridgehead atoms. The minimum absolute atomic E-state index is 0.0641. The molecule has 0 saturated heterocycles. The van der Waals surface area contributed by atoms with Crippen molar-refractivity contribution in [1.82, 2.24) is 39.4 Å². The second kappa shape index (κ2) is 20.3. The van der Waals surface area contributed by atoms with Gasteiger partial charge in [-0.3, -0.25) is 19.1 Å². The first-order valence-corrected chi connectivity index (χ1v) is 26.3. The summed E-state index contributed by atoms with van der Waals surface area (Å²) in [6.07, 6.45) is 2.56. The summed E-state index contributed by atoms with van der Waals surface area (Å²) in [5.41, 5.74) is 9.10. The average Bonchev–Trinajstić information content (AvgIpc) is 3.95. The number of thiophene rings is 1. The van der Waals surface area contributed by atoms with E-state index in [4.69, 9.17) is 26.1 Å². The van der Waals surface area contributed by atoms with E-state index in [-0.39, 0.29) is 36.7 Å². The van der Waals surface area contributed by atoms with Crippen LogP contribution in [-0.4, -0.2) is 91.5 Å². The molecule has 0 spiro atoms. The van der Waals surface area contributed by atoms with E-state index in [1.807, 2.05) is 92.1 Å². The molecule has 0 aliphatic carbocycles. The maximum Gasteiger partial charge on any atom is 0.304 e. The zero-order chi connectivity index (χ0) is 50.3. The molecule has 3 atom stereocenters. The monoisotopic (exact) mass is 1020 g/mol.